The van der Waals surface area contributed by atoms with Crippen molar-refractivity contribution in [2.75, 3.05) is 20.3 Å². The maximum absolute atomic E-state index is 11.0. The topological polar surface area (TPSA) is 98.9 Å². The highest BCUT2D eigenvalue weighted by Gasteiger charge is 2.15. The Kier molecular flexibility index (Phi) is 6.69. The molecule has 1 unspecified atom stereocenters. The van der Waals surface area contributed by atoms with E-state index in [1.165, 1.54) is 7.11 Å². The van der Waals surface area contributed by atoms with E-state index in [4.69, 9.17) is 15.6 Å². The lowest BCUT2D eigenvalue weighted by Gasteiger charge is -2.09. The zero-order chi connectivity index (χ0) is 11.0. The molecule has 0 rings (SSSR count). The number of rotatable bonds is 7. The van der Waals surface area contributed by atoms with Crippen LogP contribution in [0.25, 0.3) is 0 Å². The molecule has 0 radical (unpaired) electrons. The molecule has 1 atom stereocenters. The van der Waals surface area contributed by atoms with Gasteiger partial charge in [-0.3, -0.25) is 9.59 Å². The summed E-state index contributed by atoms with van der Waals surface area (Å²) in [6, 6.07) is -0.872. The zero-order valence-corrected chi connectivity index (χ0v) is 8.06. The smallest absolute Gasteiger partial charge is 0.323 e. The fraction of sp³-hybridized carbons (Fsp3) is 0.750. The molecule has 0 aliphatic rings. The van der Waals surface area contributed by atoms with Crippen LogP contribution >= 0.6 is 0 Å². The van der Waals surface area contributed by atoms with Crippen LogP contribution in [0.2, 0.25) is 0 Å². The molecule has 0 bridgehead atoms. The first-order chi connectivity index (χ1) is 6.57. The van der Waals surface area contributed by atoms with Crippen molar-refractivity contribution in [1.82, 2.24) is 0 Å². The first-order valence-corrected chi connectivity index (χ1v) is 4.21. The first-order valence-electron chi connectivity index (χ1n) is 4.21. The van der Waals surface area contributed by atoms with Gasteiger partial charge in [0.05, 0.1) is 6.61 Å². The summed E-state index contributed by atoms with van der Waals surface area (Å²) in [5, 5.41) is 8.33. The molecule has 0 amide bonds. The SMILES string of the molecule is COCCOC(=O)C(N)CCC(=O)O. The number of carboxylic acid groups (broad SMARTS) is 1. The average molecular weight is 205 g/mol. The van der Waals surface area contributed by atoms with Crippen molar-refractivity contribution in [1.29, 1.82) is 0 Å². The van der Waals surface area contributed by atoms with Crippen LogP contribution in [0.1, 0.15) is 12.8 Å². The van der Waals surface area contributed by atoms with Gasteiger partial charge >= 0.3 is 11.9 Å². The lowest BCUT2D eigenvalue weighted by molar-refractivity contribution is -0.146. The number of ether oxygens (including phenoxy) is 2. The van der Waals surface area contributed by atoms with E-state index in [1.807, 2.05) is 0 Å². The summed E-state index contributed by atoms with van der Waals surface area (Å²) < 4.78 is 9.35. The summed E-state index contributed by atoms with van der Waals surface area (Å²) in [5.41, 5.74) is 5.37. The minimum atomic E-state index is -0.981. The number of hydrogen-bond donors (Lipinski definition) is 2. The van der Waals surface area contributed by atoms with Gasteiger partial charge in [-0.05, 0) is 6.42 Å². The van der Waals surface area contributed by atoms with Gasteiger partial charge in [-0.1, -0.05) is 0 Å². The molecule has 0 fully saturated rings. The second-order valence-corrected chi connectivity index (χ2v) is 2.70. The minimum absolute atomic E-state index is 0.0845. The van der Waals surface area contributed by atoms with E-state index < -0.39 is 18.0 Å². The summed E-state index contributed by atoms with van der Waals surface area (Å²) in [4.78, 5) is 21.2. The van der Waals surface area contributed by atoms with Crippen LogP contribution in [0, 0.1) is 0 Å². The number of hydrogen-bond acceptors (Lipinski definition) is 5. The van der Waals surface area contributed by atoms with Crippen molar-refractivity contribution in [2.45, 2.75) is 18.9 Å². The van der Waals surface area contributed by atoms with Gasteiger partial charge in [0, 0.05) is 13.5 Å². The molecule has 0 aromatic heterocycles. The first kappa shape index (κ1) is 12.9. The van der Waals surface area contributed by atoms with Crippen molar-refractivity contribution in [2.24, 2.45) is 5.73 Å². The summed E-state index contributed by atoms with van der Waals surface area (Å²) in [6.45, 7) is 0.438. The molecule has 6 heteroatoms. The second-order valence-electron chi connectivity index (χ2n) is 2.70. The van der Waals surface area contributed by atoms with Crippen LogP contribution in [0.4, 0.5) is 0 Å². The highest BCUT2D eigenvalue weighted by atomic mass is 16.6. The summed E-state index contributed by atoms with van der Waals surface area (Å²) in [7, 11) is 1.48. The molecule has 3 N–H and O–H groups in total. The van der Waals surface area contributed by atoms with E-state index in [2.05, 4.69) is 4.74 Å². The molecular weight excluding hydrogens is 190 g/mol. The maximum atomic E-state index is 11.0. The molecule has 0 aliphatic heterocycles. The lowest BCUT2D eigenvalue weighted by atomic mass is 10.2. The molecule has 0 aromatic carbocycles. The zero-order valence-electron chi connectivity index (χ0n) is 8.06. The van der Waals surface area contributed by atoms with E-state index in [0.29, 0.717) is 6.61 Å². The van der Waals surface area contributed by atoms with Crippen LogP contribution in [-0.2, 0) is 19.1 Å². The number of methoxy groups -OCH3 is 1. The van der Waals surface area contributed by atoms with Crippen molar-refractivity contribution >= 4 is 11.9 Å². The molecular formula is C8H15NO5. The van der Waals surface area contributed by atoms with Gasteiger partial charge in [-0.2, -0.15) is 0 Å². The van der Waals surface area contributed by atoms with Gasteiger partial charge in [-0.25, -0.2) is 0 Å². The Morgan fingerprint density at radius 3 is 2.57 bits per heavy atom. The molecule has 14 heavy (non-hydrogen) atoms. The average Bonchev–Trinajstić information content (AvgIpc) is 2.14. The summed E-state index contributed by atoms with van der Waals surface area (Å²) in [5.74, 6) is -1.58. The Hall–Kier alpha value is -1.14. The van der Waals surface area contributed by atoms with Crippen molar-refractivity contribution in [3.63, 3.8) is 0 Å². The fourth-order valence-electron chi connectivity index (χ4n) is 0.729. The Morgan fingerprint density at radius 2 is 2.07 bits per heavy atom. The van der Waals surface area contributed by atoms with E-state index >= 15 is 0 Å². The van der Waals surface area contributed by atoms with Crippen molar-refractivity contribution < 1.29 is 24.2 Å². The molecule has 0 aromatic rings. The molecule has 0 spiro atoms. The standard InChI is InChI=1S/C8H15NO5/c1-13-4-5-14-8(12)6(9)2-3-7(10)11/h6H,2-5,9H2,1H3,(H,10,11). The quantitative estimate of drug-likeness (QED) is 0.424. The monoisotopic (exact) mass is 205 g/mol. The van der Waals surface area contributed by atoms with E-state index in [-0.39, 0.29) is 19.4 Å². The number of carbonyl (C=O) groups excluding carboxylic acids is 1. The third-order valence-corrected chi connectivity index (χ3v) is 1.50. The lowest BCUT2D eigenvalue weighted by Crippen LogP contribution is -2.33. The molecule has 6 nitrogen and oxygen atoms in total. The van der Waals surface area contributed by atoms with Crippen LogP contribution in [-0.4, -0.2) is 43.4 Å². The van der Waals surface area contributed by atoms with Gasteiger partial charge in [0.25, 0.3) is 0 Å². The second kappa shape index (κ2) is 7.28. The van der Waals surface area contributed by atoms with Crippen LogP contribution < -0.4 is 5.73 Å². The fourth-order valence-corrected chi connectivity index (χ4v) is 0.729. The third-order valence-electron chi connectivity index (χ3n) is 1.50. The Labute approximate surface area is 82.0 Å². The van der Waals surface area contributed by atoms with Gasteiger partial charge in [-0.15, -0.1) is 0 Å². The Bertz CT molecular complexity index is 194. The van der Waals surface area contributed by atoms with Gasteiger partial charge in [0.1, 0.15) is 12.6 Å². The van der Waals surface area contributed by atoms with E-state index in [0.717, 1.165) is 0 Å². The number of aliphatic carboxylic acids is 1. The normalized spacial score (nSPS) is 12.1. The predicted octanol–water partition coefficient (Wildman–Crippen LogP) is -0.632. The van der Waals surface area contributed by atoms with E-state index in [1.54, 1.807) is 0 Å². The van der Waals surface area contributed by atoms with Crippen LogP contribution in [0.5, 0.6) is 0 Å². The molecule has 0 saturated heterocycles. The molecule has 0 heterocycles. The number of nitrogens with two attached hydrogens (primary N) is 1. The van der Waals surface area contributed by atoms with Crippen LogP contribution in [0.15, 0.2) is 0 Å². The molecule has 82 valence electrons. The van der Waals surface area contributed by atoms with E-state index in [9.17, 15) is 9.59 Å². The van der Waals surface area contributed by atoms with Gasteiger partial charge in [0.15, 0.2) is 0 Å². The summed E-state index contributed by atoms with van der Waals surface area (Å²) >= 11 is 0. The highest BCUT2D eigenvalue weighted by molar-refractivity contribution is 5.76. The van der Waals surface area contributed by atoms with Gasteiger partial charge < -0.3 is 20.3 Å². The van der Waals surface area contributed by atoms with Crippen LogP contribution in [0.3, 0.4) is 0 Å². The number of esters is 1. The molecule has 0 aliphatic carbocycles. The Morgan fingerprint density at radius 1 is 1.43 bits per heavy atom. The Balaban J connectivity index is 3.59. The maximum Gasteiger partial charge on any atom is 0.323 e. The number of carbonyl (C=O) groups is 2. The minimum Gasteiger partial charge on any atom is -0.481 e. The van der Waals surface area contributed by atoms with Crippen molar-refractivity contribution in [3.05, 3.63) is 0 Å². The van der Waals surface area contributed by atoms with Gasteiger partial charge in [0.2, 0.25) is 0 Å². The number of carboxylic acids is 1. The summed E-state index contributed by atoms with van der Waals surface area (Å²) in [6.07, 6.45) is -0.0539. The largest absolute Gasteiger partial charge is 0.481 e. The predicted molar refractivity (Wildman–Crippen MR) is 47.7 cm³/mol. The highest BCUT2D eigenvalue weighted by Crippen LogP contribution is 1.97. The third kappa shape index (κ3) is 6.38. The van der Waals surface area contributed by atoms with Crippen molar-refractivity contribution in [3.8, 4) is 0 Å². The molecule has 0 saturated carbocycles.